The van der Waals surface area contributed by atoms with Gasteiger partial charge in [0.25, 0.3) is 5.91 Å². The number of aryl methyl sites for hydroxylation is 1. The van der Waals surface area contributed by atoms with Crippen molar-refractivity contribution < 1.29 is 9.53 Å². The number of hydrogen-bond donors (Lipinski definition) is 1. The molecule has 0 spiro atoms. The molecule has 8 heteroatoms. The molecule has 27 heavy (non-hydrogen) atoms. The van der Waals surface area contributed by atoms with E-state index in [9.17, 15) is 4.79 Å². The summed E-state index contributed by atoms with van der Waals surface area (Å²) in [6.45, 7) is 6.55. The summed E-state index contributed by atoms with van der Waals surface area (Å²) in [6.07, 6.45) is 7.06. The number of hydrogen-bond acceptors (Lipinski definition) is 5. The number of piperazine rings is 1. The number of amides is 1. The highest BCUT2D eigenvalue weighted by Crippen LogP contribution is 2.35. The molecule has 1 aromatic heterocycles. The lowest BCUT2D eigenvalue weighted by Crippen LogP contribution is -2.61. The Morgan fingerprint density at radius 2 is 1.89 bits per heavy atom. The molecule has 150 valence electrons. The normalized spacial score (nSPS) is 23.5. The third kappa shape index (κ3) is 3.89. The second-order valence-electron chi connectivity index (χ2n) is 8.15. The fraction of sp³-hybridized carbons (Fsp3) is 0.789. The molecule has 0 unspecified atom stereocenters. The SMILES string of the molecule is CN1CCN(C2(CNC(=O)c3nn4c(c3Br)OCCC4)CCCCC2)CC1. The number of ether oxygens (including phenoxy) is 1. The molecular weight excluding hydrogens is 410 g/mol. The predicted octanol–water partition coefficient (Wildman–Crippen LogP) is 2.11. The van der Waals surface area contributed by atoms with Crippen LogP contribution in [-0.2, 0) is 6.54 Å². The van der Waals surface area contributed by atoms with Crippen LogP contribution in [0.4, 0.5) is 0 Å². The molecule has 4 rings (SSSR count). The zero-order chi connectivity index (χ0) is 18.9. The Hall–Kier alpha value is -1.12. The predicted molar refractivity (Wildman–Crippen MR) is 107 cm³/mol. The van der Waals surface area contributed by atoms with E-state index in [1.54, 1.807) is 4.68 Å². The number of halogens is 1. The number of nitrogens with zero attached hydrogens (tertiary/aromatic N) is 4. The molecule has 1 saturated heterocycles. The summed E-state index contributed by atoms with van der Waals surface area (Å²) < 4.78 is 8.13. The Kier molecular flexibility index (Phi) is 5.75. The van der Waals surface area contributed by atoms with E-state index >= 15 is 0 Å². The van der Waals surface area contributed by atoms with Crippen LogP contribution < -0.4 is 10.1 Å². The zero-order valence-electron chi connectivity index (χ0n) is 16.2. The van der Waals surface area contributed by atoms with E-state index in [0.717, 1.165) is 39.1 Å². The number of nitrogens with one attached hydrogen (secondary N) is 1. The van der Waals surface area contributed by atoms with Crippen LogP contribution in [0.2, 0.25) is 0 Å². The summed E-state index contributed by atoms with van der Waals surface area (Å²) >= 11 is 3.52. The van der Waals surface area contributed by atoms with Crippen molar-refractivity contribution in [2.45, 2.75) is 50.6 Å². The van der Waals surface area contributed by atoms with Crippen molar-refractivity contribution in [3.05, 3.63) is 10.2 Å². The fourth-order valence-electron chi connectivity index (χ4n) is 4.67. The molecule has 1 N–H and O–H groups in total. The second-order valence-corrected chi connectivity index (χ2v) is 8.94. The maximum atomic E-state index is 12.9. The lowest BCUT2D eigenvalue weighted by molar-refractivity contribution is 0.0138. The van der Waals surface area contributed by atoms with Crippen LogP contribution in [-0.4, -0.2) is 77.4 Å². The highest BCUT2D eigenvalue weighted by Gasteiger charge is 2.39. The number of fused-ring (bicyclic) bond motifs is 1. The Balaban J connectivity index is 1.46. The molecule has 3 heterocycles. The summed E-state index contributed by atoms with van der Waals surface area (Å²) in [5.41, 5.74) is 0.536. The van der Waals surface area contributed by atoms with Gasteiger partial charge in [-0.25, -0.2) is 4.68 Å². The largest absolute Gasteiger partial charge is 0.477 e. The summed E-state index contributed by atoms with van der Waals surface area (Å²) in [4.78, 5) is 17.9. The van der Waals surface area contributed by atoms with Crippen LogP contribution in [0, 0.1) is 0 Å². The van der Waals surface area contributed by atoms with Crippen molar-refractivity contribution in [1.82, 2.24) is 24.9 Å². The van der Waals surface area contributed by atoms with Gasteiger partial charge in [-0.1, -0.05) is 19.3 Å². The Morgan fingerprint density at radius 1 is 1.15 bits per heavy atom. The van der Waals surface area contributed by atoms with E-state index in [-0.39, 0.29) is 11.4 Å². The van der Waals surface area contributed by atoms with Gasteiger partial charge in [0, 0.05) is 51.2 Å². The molecule has 0 aromatic carbocycles. The van der Waals surface area contributed by atoms with Gasteiger partial charge in [0.05, 0.1) is 6.61 Å². The third-order valence-electron chi connectivity index (χ3n) is 6.36. The van der Waals surface area contributed by atoms with Crippen LogP contribution in [0.15, 0.2) is 4.47 Å². The fourth-order valence-corrected chi connectivity index (χ4v) is 5.24. The summed E-state index contributed by atoms with van der Waals surface area (Å²) in [6, 6.07) is 0. The van der Waals surface area contributed by atoms with Crippen molar-refractivity contribution in [3.8, 4) is 5.88 Å². The molecule has 1 aliphatic carbocycles. The minimum Gasteiger partial charge on any atom is -0.477 e. The molecule has 0 atom stereocenters. The number of carbonyl (C=O) groups excluding carboxylic acids is 1. The Labute approximate surface area is 169 Å². The molecule has 7 nitrogen and oxygen atoms in total. The molecule has 0 bridgehead atoms. The van der Waals surface area contributed by atoms with Gasteiger partial charge in [-0.05, 0) is 35.8 Å². The van der Waals surface area contributed by atoms with Crippen molar-refractivity contribution in [1.29, 1.82) is 0 Å². The van der Waals surface area contributed by atoms with Gasteiger partial charge >= 0.3 is 0 Å². The maximum Gasteiger partial charge on any atom is 0.273 e. The van der Waals surface area contributed by atoms with E-state index in [1.165, 1.54) is 32.1 Å². The molecule has 2 fully saturated rings. The average molecular weight is 440 g/mol. The molecule has 1 amide bonds. The molecule has 2 aliphatic heterocycles. The van der Waals surface area contributed by atoms with Crippen LogP contribution in [0.25, 0.3) is 0 Å². The minimum atomic E-state index is -0.105. The summed E-state index contributed by atoms with van der Waals surface area (Å²) in [7, 11) is 2.19. The maximum absolute atomic E-state index is 12.9. The Bertz CT molecular complexity index is 678. The first kappa shape index (κ1) is 19.2. The first-order valence-corrected chi connectivity index (χ1v) is 11.0. The van der Waals surface area contributed by atoms with Gasteiger partial charge in [0.1, 0.15) is 4.47 Å². The summed E-state index contributed by atoms with van der Waals surface area (Å²) in [5.74, 6) is 0.573. The quantitative estimate of drug-likeness (QED) is 0.777. The van der Waals surface area contributed by atoms with Crippen LogP contribution in [0.3, 0.4) is 0 Å². The molecule has 0 radical (unpaired) electrons. The van der Waals surface area contributed by atoms with Crippen LogP contribution in [0.5, 0.6) is 5.88 Å². The average Bonchev–Trinajstić information content (AvgIpc) is 3.04. The van der Waals surface area contributed by atoms with Crippen molar-refractivity contribution in [2.24, 2.45) is 0 Å². The number of aromatic nitrogens is 2. The lowest BCUT2D eigenvalue weighted by atomic mass is 9.79. The van der Waals surface area contributed by atoms with Gasteiger partial charge in [-0.2, -0.15) is 5.10 Å². The molecule has 3 aliphatic rings. The minimum absolute atomic E-state index is 0.0947. The first-order chi connectivity index (χ1) is 13.1. The van der Waals surface area contributed by atoms with E-state index in [4.69, 9.17) is 4.74 Å². The van der Waals surface area contributed by atoms with Crippen molar-refractivity contribution in [3.63, 3.8) is 0 Å². The third-order valence-corrected chi connectivity index (χ3v) is 7.07. The van der Waals surface area contributed by atoms with Crippen molar-refractivity contribution in [2.75, 3.05) is 46.4 Å². The molecule has 1 aromatic rings. The topological polar surface area (TPSA) is 62.6 Å². The van der Waals surface area contributed by atoms with Gasteiger partial charge < -0.3 is 15.0 Å². The van der Waals surface area contributed by atoms with E-state index in [2.05, 4.69) is 43.2 Å². The summed E-state index contributed by atoms with van der Waals surface area (Å²) in [5, 5.41) is 7.68. The van der Waals surface area contributed by atoms with Crippen molar-refractivity contribution >= 4 is 21.8 Å². The van der Waals surface area contributed by atoms with E-state index < -0.39 is 0 Å². The van der Waals surface area contributed by atoms with E-state index in [1.807, 2.05) is 0 Å². The van der Waals surface area contributed by atoms with Crippen LogP contribution in [0.1, 0.15) is 49.0 Å². The second kappa shape index (κ2) is 8.09. The van der Waals surface area contributed by atoms with Gasteiger partial charge in [0.2, 0.25) is 5.88 Å². The smallest absolute Gasteiger partial charge is 0.273 e. The lowest BCUT2D eigenvalue weighted by Gasteiger charge is -2.49. The number of likely N-dealkylation sites (N-methyl/N-ethyl adjacent to an activating group) is 1. The number of carbonyl (C=O) groups is 1. The van der Waals surface area contributed by atoms with Gasteiger partial charge in [-0.15, -0.1) is 0 Å². The Morgan fingerprint density at radius 3 is 2.59 bits per heavy atom. The molecule has 1 saturated carbocycles. The zero-order valence-corrected chi connectivity index (χ0v) is 17.8. The monoisotopic (exact) mass is 439 g/mol. The van der Waals surface area contributed by atoms with Gasteiger partial charge in [-0.3, -0.25) is 9.69 Å². The van der Waals surface area contributed by atoms with E-state index in [0.29, 0.717) is 29.2 Å². The van der Waals surface area contributed by atoms with Crippen LogP contribution >= 0.6 is 15.9 Å². The van der Waals surface area contributed by atoms with Gasteiger partial charge in [0.15, 0.2) is 5.69 Å². The first-order valence-electron chi connectivity index (χ1n) is 10.2. The highest BCUT2D eigenvalue weighted by atomic mass is 79.9. The number of rotatable bonds is 4. The highest BCUT2D eigenvalue weighted by molar-refractivity contribution is 9.10. The molecular formula is C19H30BrN5O2. The standard InChI is InChI=1S/C19H30BrN5O2/c1-23-9-11-24(12-10-23)19(6-3-2-4-7-19)14-21-17(26)16-15(20)18-25(22-16)8-5-13-27-18/h2-14H2,1H3,(H,21,26).